The lowest BCUT2D eigenvalue weighted by molar-refractivity contribution is 0.286. The van der Waals surface area contributed by atoms with Crippen LogP contribution in [0.4, 0.5) is 0 Å². The number of ether oxygens (including phenoxy) is 1. The fraction of sp³-hybridized carbons (Fsp3) is 0.600. The Labute approximate surface area is 105 Å². The molecule has 96 valence electrons. The Bertz CT molecular complexity index is 350. The summed E-state index contributed by atoms with van der Waals surface area (Å²) in [6.45, 7) is 9.50. The molecule has 0 aliphatic rings. The molecule has 0 unspecified atom stereocenters. The Kier molecular flexibility index (Phi) is 5.01. The van der Waals surface area contributed by atoms with Crippen LogP contribution in [0.3, 0.4) is 0 Å². The first-order valence-corrected chi connectivity index (χ1v) is 6.36. The second-order valence-electron chi connectivity index (χ2n) is 5.30. The maximum absolute atomic E-state index is 8.94. The van der Waals surface area contributed by atoms with Crippen LogP contribution in [0.1, 0.15) is 45.2 Å². The van der Waals surface area contributed by atoms with Crippen LogP contribution in [0.15, 0.2) is 18.2 Å². The lowest BCUT2D eigenvalue weighted by Crippen LogP contribution is -2.14. The van der Waals surface area contributed by atoms with Gasteiger partial charge in [0.15, 0.2) is 0 Å². The van der Waals surface area contributed by atoms with Crippen LogP contribution >= 0.6 is 0 Å². The third kappa shape index (κ3) is 3.74. The summed E-state index contributed by atoms with van der Waals surface area (Å²) in [5, 5.41) is 8.94. The molecule has 1 N–H and O–H groups in total. The minimum Gasteiger partial charge on any atom is -0.493 e. The Balaban J connectivity index is 3.12. The van der Waals surface area contributed by atoms with Crippen molar-refractivity contribution in [3.63, 3.8) is 0 Å². The topological polar surface area (TPSA) is 29.5 Å². The first-order valence-electron chi connectivity index (χ1n) is 6.36. The Morgan fingerprint density at radius 1 is 1.24 bits per heavy atom. The van der Waals surface area contributed by atoms with E-state index in [1.54, 1.807) is 0 Å². The van der Waals surface area contributed by atoms with Gasteiger partial charge in [-0.2, -0.15) is 0 Å². The van der Waals surface area contributed by atoms with Crippen LogP contribution in [0.25, 0.3) is 0 Å². The van der Waals surface area contributed by atoms with Gasteiger partial charge in [-0.1, -0.05) is 39.0 Å². The fourth-order valence-electron chi connectivity index (χ4n) is 1.96. The van der Waals surface area contributed by atoms with E-state index >= 15 is 0 Å². The molecule has 0 aliphatic heterocycles. The van der Waals surface area contributed by atoms with Gasteiger partial charge in [-0.15, -0.1) is 0 Å². The predicted octanol–water partition coefficient (Wildman–Crippen LogP) is 3.31. The molecular weight excluding hydrogens is 212 g/mol. The van der Waals surface area contributed by atoms with E-state index in [0.717, 1.165) is 18.6 Å². The highest BCUT2D eigenvalue weighted by Crippen LogP contribution is 2.34. The number of hydrogen-bond acceptors (Lipinski definition) is 2. The molecule has 0 fully saturated rings. The molecule has 0 radical (unpaired) electrons. The van der Waals surface area contributed by atoms with E-state index in [1.807, 2.05) is 6.92 Å². The average molecular weight is 236 g/mol. The quantitative estimate of drug-likeness (QED) is 0.850. The van der Waals surface area contributed by atoms with E-state index in [4.69, 9.17) is 9.84 Å². The molecular formula is C15H24O2. The van der Waals surface area contributed by atoms with Crippen molar-refractivity contribution in [1.29, 1.82) is 0 Å². The molecule has 0 heterocycles. The maximum atomic E-state index is 8.94. The number of aliphatic hydroxyl groups is 1. The Morgan fingerprint density at radius 2 is 1.94 bits per heavy atom. The van der Waals surface area contributed by atoms with Gasteiger partial charge in [0, 0.05) is 6.61 Å². The molecule has 1 aromatic rings. The monoisotopic (exact) mass is 236 g/mol. The normalized spacial score (nSPS) is 11.6. The Morgan fingerprint density at radius 3 is 2.47 bits per heavy atom. The molecule has 0 bridgehead atoms. The summed E-state index contributed by atoms with van der Waals surface area (Å²) in [6, 6.07) is 6.30. The Hall–Kier alpha value is -1.02. The highest BCUT2D eigenvalue weighted by molar-refractivity contribution is 5.45. The van der Waals surface area contributed by atoms with Gasteiger partial charge in [0.1, 0.15) is 5.75 Å². The molecule has 17 heavy (non-hydrogen) atoms. The van der Waals surface area contributed by atoms with Crippen LogP contribution in [0.5, 0.6) is 5.75 Å². The summed E-state index contributed by atoms with van der Waals surface area (Å²) >= 11 is 0. The van der Waals surface area contributed by atoms with Crippen molar-refractivity contribution >= 4 is 0 Å². The summed E-state index contributed by atoms with van der Waals surface area (Å²) in [5.74, 6) is 1.01. The van der Waals surface area contributed by atoms with Crippen molar-refractivity contribution < 1.29 is 9.84 Å². The fourth-order valence-corrected chi connectivity index (χ4v) is 1.96. The zero-order chi connectivity index (χ0) is 12.9. The first kappa shape index (κ1) is 14.0. The molecule has 0 aliphatic carbocycles. The van der Waals surface area contributed by atoms with Crippen molar-refractivity contribution in [2.45, 2.75) is 46.0 Å². The summed E-state index contributed by atoms with van der Waals surface area (Å²) in [5.41, 5.74) is 2.53. The molecule has 0 amide bonds. The highest BCUT2D eigenvalue weighted by atomic mass is 16.5. The van der Waals surface area contributed by atoms with Crippen LogP contribution < -0.4 is 4.74 Å². The summed E-state index contributed by atoms with van der Waals surface area (Å²) in [7, 11) is 0. The second kappa shape index (κ2) is 6.06. The smallest absolute Gasteiger partial charge is 0.126 e. The third-order valence-corrected chi connectivity index (χ3v) is 2.80. The van der Waals surface area contributed by atoms with E-state index in [2.05, 4.69) is 39.0 Å². The number of aliphatic hydroxyl groups excluding tert-OH is 1. The summed E-state index contributed by atoms with van der Waals surface area (Å²) < 4.78 is 5.81. The van der Waals surface area contributed by atoms with Crippen molar-refractivity contribution in [2.75, 3.05) is 13.2 Å². The number of benzene rings is 1. The average Bonchev–Trinajstić information content (AvgIpc) is 2.26. The molecule has 0 spiro atoms. The van der Waals surface area contributed by atoms with Gasteiger partial charge in [0.25, 0.3) is 0 Å². The molecule has 2 nitrogen and oxygen atoms in total. The van der Waals surface area contributed by atoms with Gasteiger partial charge >= 0.3 is 0 Å². The van der Waals surface area contributed by atoms with Crippen molar-refractivity contribution in [3.05, 3.63) is 29.3 Å². The zero-order valence-corrected chi connectivity index (χ0v) is 11.4. The van der Waals surface area contributed by atoms with Crippen molar-refractivity contribution in [3.8, 4) is 5.75 Å². The third-order valence-electron chi connectivity index (χ3n) is 2.80. The van der Waals surface area contributed by atoms with Crippen LogP contribution in [0, 0.1) is 0 Å². The van der Waals surface area contributed by atoms with Crippen LogP contribution in [-0.2, 0) is 11.8 Å². The van der Waals surface area contributed by atoms with Crippen molar-refractivity contribution in [1.82, 2.24) is 0 Å². The molecule has 1 rings (SSSR count). The number of hydrogen-bond donors (Lipinski definition) is 1. The van der Waals surface area contributed by atoms with Gasteiger partial charge in [-0.25, -0.2) is 0 Å². The minimum atomic E-state index is 0.0831. The molecule has 0 aromatic heterocycles. The molecule has 1 aromatic carbocycles. The predicted molar refractivity (Wildman–Crippen MR) is 71.7 cm³/mol. The van der Waals surface area contributed by atoms with Gasteiger partial charge in [0.05, 0.1) is 6.61 Å². The first-order chi connectivity index (χ1) is 8.00. The van der Waals surface area contributed by atoms with E-state index in [-0.39, 0.29) is 12.0 Å². The largest absolute Gasteiger partial charge is 0.493 e. The van der Waals surface area contributed by atoms with Crippen molar-refractivity contribution in [2.24, 2.45) is 0 Å². The van der Waals surface area contributed by atoms with E-state index < -0.39 is 0 Å². The van der Waals surface area contributed by atoms with Gasteiger partial charge in [0.2, 0.25) is 0 Å². The minimum absolute atomic E-state index is 0.0831. The van der Waals surface area contributed by atoms with Gasteiger partial charge < -0.3 is 9.84 Å². The highest BCUT2D eigenvalue weighted by Gasteiger charge is 2.20. The summed E-state index contributed by atoms with van der Waals surface area (Å²) in [6.07, 6.45) is 1.66. The molecule has 0 saturated heterocycles. The zero-order valence-electron chi connectivity index (χ0n) is 11.4. The second-order valence-corrected chi connectivity index (χ2v) is 5.30. The van der Waals surface area contributed by atoms with Crippen LogP contribution in [0.2, 0.25) is 0 Å². The van der Waals surface area contributed by atoms with E-state index in [1.165, 1.54) is 11.1 Å². The van der Waals surface area contributed by atoms with Gasteiger partial charge in [-0.05, 0) is 36.3 Å². The van der Waals surface area contributed by atoms with Crippen LogP contribution in [-0.4, -0.2) is 18.3 Å². The summed E-state index contributed by atoms with van der Waals surface area (Å²) in [4.78, 5) is 0. The van der Waals surface area contributed by atoms with E-state index in [0.29, 0.717) is 6.61 Å². The standard InChI is InChI=1S/C15H24O2/c1-5-17-14-12(9-7-11-16)8-6-10-13(14)15(2,3)4/h6,8,10,16H,5,7,9,11H2,1-4H3. The molecule has 0 saturated carbocycles. The number of rotatable bonds is 5. The number of para-hydroxylation sites is 1. The SMILES string of the molecule is CCOc1c(CCCO)cccc1C(C)(C)C. The number of aryl methyl sites for hydroxylation is 1. The lowest BCUT2D eigenvalue weighted by Gasteiger charge is -2.24. The molecule has 2 heteroatoms. The van der Waals surface area contributed by atoms with Gasteiger partial charge in [-0.3, -0.25) is 0 Å². The lowest BCUT2D eigenvalue weighted by atomic mass is 9.84. The van der Waals surface area contributed by atoms with E-state index in [9.17, 15) is 0 Å². The maximum Gasteiger partial charge on any atom is 0.126 e. The molecule has 0 atom stereocenters.